The third-order valence-electron chi connectivity index (χ3n) is 9.18. The van der Waals surface area contributed by atoms with Crippen LogP contribution < -0.4 is 11.2 Å². The van der Waals surface area contributed by atoms with Crippen LogP contribution in [0.4, 0.5) is 0 Å². The number of rotatable bonds is 5. The van der Waals surface area contributed by atoms with Crippen LogP contribution in [0.1, 0.15) is 66.2 Å². The molecule has 0 bridgehead atoms. The Labute approximate surface area is 179 Å². The summed E-state index contributed by atoms with van der Waals surface area (Å²) in [6.07, 6.45) is 7.18. The molecular weight excluding hydrogens is 380 g/mol. The highest BCUT2D eigenvalue weighted by Gasteiger charge is 2.64. The van der Waals surface area contributed by atoms with E-state index in [0.29, 0.717) is 18.7 Å². The number of fused-ring (bicyclic) bond motifs is 5. The van der Waals surface area contributed by atoms with E-state index in [9.17, 15) is 14.7 Å². The highest BCUT2D eigenvalue weighted by atomic mass is 16.7. The maximum absolute atomic E-state index is 13.7. The van der Waals surface area contributed by atoms with Crippen LogP contribution in [-0.4, -0.2) is 35.4 Å². The molecule has 4 aliphatic carbocycles. The first-order valence-electron chi connectivity index (χ1n) is 11.6. The monoisotopic (exact) mass is 418 g/mol. The molecule has 4 N–H and O–H groups in total. The molecule has 0 aliphatic heterocycles. The predicted octanol–water partition coefficient (Wildman–Crippen LogP) is 2.75. The highest BCUT2D eigenvalue weighted by Crippen LogP contribution is 2.65. The molecule has 6 nitrogen and oxygen atoms in total. The number of nitrogens with two attached hydrogens (primary N) is 1. The van der Waals surface area contributed by atoms with Crippen molar-refractivity contribution in [2.45, 2.75) is 71.8 Å². The van der Waals surface area contributed by atoms with E-state index in [1.54, 1.807) is 0 Å². The molecule has 4 rings (SSSR count). The minimum atomic E-state index is -0.478. The zero-order valence-electron chi connectivity index (χ0n) is 18.9. The van der Waals surface area contributed by atoms with Crippen molar-refractivity contribution in [2.75, 3.05) is 13.2 Å². The van der Waals surface area contributed by atoms with E-state index in [1.807, 2.05) is 13.8 Å². The zero-order chi connectivity index (χ0) is 21.9. The van der Waals surface area contributed by atoms with Crippen molar-refractivity contribution in [1.82, 2.24) is 5.48 Å². The summed E-state index contributed by atoms with van der Waals surface area (Å²) in [6.45, 7) is 8.51. The van der Waals surface area contributed by atoms with Gasteiger partial charge in [-0.15, -0.1) is 0 Å². The van der Waals surface area contributed by atoms with Gasteiger partial charge in [-0.2, -0.15) is 0 Å². The number of aliphatic hydroxyl groups excluding tert-OH is 1. The van der Waals surface area contributed by atoms with E-state index in [0.717, 1.165) is 37.8 Å². The van der Waals surface area contributed by atoms with Crippen LogP contribution in [-0.2, 0) is 14.4 Å². The molecule has 0 aromatic heterocycles. The molecule has 0 radical (unpaired) electrons. The summed E-state index contributed by atoms with van der Waals surface area (Å²) in [5, 5.41) is 10.3. The van der Waals surface area contributed by atoms with Crippen molar-refractivity contribution in [3.05, 3.63) is 11.8 Å². The van der Waals surface area contributed by atoms with E-state index in [4.69, 9.17) is 10.6 Å². The Morgan fingerprint density at radius 1 is 1.20 bits per heavy atom. The van der Waals surface area contributed by atoms with Crippen molar-refractivity contribution in [1.29, 1.82) is 0 Å². The average Bonchev–Trinajstić information content (AvgIpc) is 3.02. The number of hydroxylamine groups is 1. The van der Waals surface area contributed by atoms with Crippen LogP contribution in [0.3, 0.4) is 0 Å². The third kappa shape index (κ3) is 3.18. The summed E-state index contributed by atoms with van der Waals surface area (Å²) < 4.78 is 0. The first-order chi connectivity index (χ1) is 14.1. The Bertz CT molecular complexity index is 762. The van der Waals surface area contributed by atoms with E-state index in [2.05, 4.69) is 25.4 Å². The Morgan fingerprint density at radius 2 is 1.93 bits per heavy atom. The van der Waals surface area contributed by atoms with Crippen molar-refractivity contribution in [2.24, 2.45) is 46.2 Å². The van der Waals surface area contributed by atoms with Crippen LogP contribution in [0.2, 0.25) is 0 Å². The van der Waals surface area contributed by atoms with Gasteiger partial charge in [-0.3, -0.25) is 19.9 Å². The first-order valence-corrected chi connectivity index (χ1v) is 11.6. The number of carbonyl (C=O) groups excluding carboxylic acids is 2. The van der Waals surface area contributed by atoms with Crippen LogP contribution in [0.15, 0.2) is 11.8 Å². The number of aliphatic hydroxyl groups is 1. The van der Waals surface area contributed by atoms with Gasteiger partial charge >= 0.3 is 0 Å². The lowest BCUT2D eigenvalue weighted by Gasteiger charge is -2.59. The van der Waals surface area contributed by atoms with Crippen molar-refractivity contribution >= 4 is 11.6 Å². The molecule has 4 aliphatic rings. The fourth-order valence-electron chi connectivity index (χ4n) is 7.08. The molecule has 0 aromatic carbocycles. The van der Waals surface area contributed by atoms with E-state index in [1.165, 1.54) is 0 Å². The quantitative estimate of drug-likeness (QED) is 0.594. The van der Waals surface area contributed by atoms with Gasteiger partial charge in [0.05, 0.1) is 6.61 Å². The minimum Gasteiger partial charge on any atom is -0.396 e. The number of Topliss-reactive ketones (excluding diaryl/α,β-unsaturated/α-hetero) is 2. The van der Waals surface area contributed by atoms with Crippen LogP contribution in [0, 0.1) is 40.4 Å². The number of carbonyl (C=O) groups is 2. The maximum Gasteiger partial charge on any atom is 0.142 e. The smallest absolute Gasteiger partial charge is 0.142 e. The molecule has 7 atom stereocenters. The van der Waals surface area contributed by atoms with Crippen LogP contribution >= 0.6 is 0 Å². The average molecular weight is 419 g/mol. The van der Waals surface area contributed by atoms with Crippen molar-refractivity contribution in [3.63, 3.8) is 0 Å². The Hall–Kier alpha value is -1.24. The normalized spacial score (nSPS) is 43.5. The molecule has 0 spiro atoms. The Kier molecular flexibility index (Phi) is 5.43. The van der Waals surface area contributed by atoms with Crippen LogP contribution in [0.5, 0.6) is 0 Å². The topological polar surface area (TPSA) is 102 Å². The third-order valence-corrected chi connectivity index (χ3v) is 9.18. The Morgan fingerprint density at radius 3 is 2.60 bits per heavy atom. The lowest BCUT2D eigenvalue weighted by Crippen LogP contribution is -2.60. The van der Waals surface area contributed by atoms with E-state index < -0.39 is 11.5 Å². The lowest BCUT2D eigenvalue weighted by atomic mass is 9.43. The number of ketones is 2. The highest BCUT2D eigenvalue weighted by molar-refractivity contribution is 5.91. The molecule has 0 amide bonds. The minimum absolute atomic E-state index is 0.0152. The number of hydrogen-bond acceptors (Lipinski definition) is 6. The summed E-state index contributed by atoms with van der Waals surface area (Å²) in [5.74, 6) is 0.412. The summed E-state index contributed by atoms with van der Waals surface area (Å²) in [6, 6.07) is 0. The van der Waals surface area contributed by atoms with Crippen LogP contribution in [0.25, 0.3) is 0 Å². The number of nitrogens with one attached hydrogen (secondary N) is 1. The fourth-order valence-corrected chi connectivity index (χ4v) is 7.08. The summed E-state index contributed by atoms with van der Waals surface area (Å²) >= 11 is 0. The molecule has 30 heavy (non-hydrogen) atoms. The van der Waals surface area contributed by atoms with Gasteiger partial charge in [0.2, 0.25) is 0 Å². The second kappa shape index (κ2) is 7.42. The number of allylic oxidation sites excluding steroid dienone is 2. The molecule has 0 heterocycles. The molecular formula is C24H38N2O4. The van der Waals surface area contributed by atoms with Gasteiger partial charge in [0.25, 0.3) is 0 Å². The van der Waals surface area contributed by atoms with Crippen molar-refractivity contribution in [3.8, 4) is 0 Å². The molecule has 6 heteroatoms. The second-order valence-corrected chi connectivity index (χ2v) is 11.2. The van der Waals surface area contributed by atoms with Gasteiger partial charge in [-0.25, -0.2) is 0 Å². The fraction of sp³-hybridized carbons (Fsp3) is 0.833. The summed E-state index contributed by atoms with van der Waals surface area (Å²) in [7, 11) is 0. The largest absolute Gasteiger partial charge is 0.396 e. The zero-order valence-corrected chi connectivity index (χ0v) is 18.9. The maximum atomic E-state index is 13.7. The first kappa shape index (κ1) is 22.0. The molecule has 1 unspecified atom stereocenters. The summed E-state index contributed by atoms with van der Waals surface area (Å²) in [5.41, 5.74) is 8.95. The summed E-state index contributed by atoms with van der Waals surface area (Å²) in [4.78, 5) is 32.1. The molecule has 3 fully saturated rings. The standard InChI is InChI=1S/C24H38N2O4/c1-22(2,13-25)30-26-14-7-9-23(3)17-8-10-24(4)16(5-6-19(24)28)20(17)21(29)15(12-27)18(23)11-14/h11,15-18,20,26-27H,5-10,12-13,25H2,1-4H3/t15-,16+,17+,18?,20+,23-,24+/m1/s1. The molecule has 0 aromatic rings. The Balaban J connectivity index is 1.64. The predicted molar refractivity (Wildman–Crippen MR) is 114 cm³/mol. The molecule has 0 saturated heterocycles. The molecule has 168 valence electrons. The van der Waals surface area contributed by atoms with Crippen molar-refractivity contribution < 1.29 is 19.5 Å². The van der Waals surface area contributed by atoms with Gasteiger partial charge in [-0.1, -0.05) is 19.9 Å². The number of hydrogen-bond donors (Lipinski definition) is 3. The van der Waals surface area contributed by atoms with E-state index in [-0.39, 0.29) is 46.9 Å². The second-order valence-electron chi connectivity index (χ2n) is 11.2. The SMILES string of the molecule is CC(C)(CN)ONC1=CC2[C@@H](CO)C(=O)[C@@H]3[C@H](CC[C@]4(C)C(=O)CC[C@@H]34)[C@@]2(C)CC1. The van der Waals surface area contributed by atoms with Gasteiger partial charge in [0, 0.05) is 35.9 Å². The van der Waals surface area contributed by atoms with Gasteiger partial charge in [0.1, 0.15) is 17.2 Å². The molecule has 3 saturated carbocycles. The van der Waals surface area contributed by atoms with Gasteiger partial charge < -0.3 is 10.8 Å². The van der Waals surface area contributed by atoms with E-state index >= 15 is 0 Å². The lowest BCUT2D eigenvalue weighted by molar-refractivity contribution is -0.163. The van der Waals surface area contributed by atoms with Gasteiger partial charge in [0.15, 0.2) is 0 Å². The van der Waals surface area contributed by atoms with Gasteiger partial charge in [-0.05, 0) is 69.1 Å².